The lowest BCUT2D eigenvalue weighted by molar-refractivity contribution is 0.0904. The van der Waals surface area contributed by atoms with Crippen LogP contribution in [0.2, 0.25) is 0 Å². The highest BCUT2D eigenvalue weighted by atomic mass is 16.4. The van der Waals surface area contributed by atoms with Crippen molar-refractivity contribution in [3.05, 3.63) is 48.2 Å². The second-order valence-electron chi connectivity index (χ2n) is 5.08. The Labute approximate surface area is 116 Å². The largest absolute Gasteiger partial charge is 0.464 e. The van der Waals surface area contributed by atoms with Crippen LogP contribution in [0.4, 0.5) is 4.79 Å². The Morgan fingerprint density at radius 1 is 1.45 bits per heavy atom. The van der Waals surface area contributed by atoms with Crippen LogP contribution in [0.15, 0.2) is 36.9 Å². The molecule has 1 N–H and O–H groups in total. The summed E-state index contributed by atoms with van der Waals surface area (Å²) in [5, 5.41) is 10.2. The molecule has 4 heteroatoms. The molecular weight excluding hydrogens is 254 g/mol. The van der Waals surface area contributed by atoms with E-state index in [-0.39, 0.29) is 11.7 Å². The summed E-state index contributed by atoms with van der Waals surface area (Å²) >= 11 is 0. The molecule has 1 aromatic carbocycles. The quantitative estimate of drug-likeness (QED) is 0.849. The first-order valence-corrected chi connectivity index (χ1v) is 6.66. The van der Waals surface area contributed by atoms with Gasteiger partial charge in [0.1, 0.15) is 0 Å². The fraction of sp³-hybridized carbons (Fsp3) is 0.250. The van der Waals surface area contributed by atoms with E-state index in [1.165, 1.54) is 4.57 Å². The van der Waals surface area contributed by atoms with Gasteiger partial charge in [-0.25, -0.2) is 9.36 Å². The second kappa shape index (κ2) is 4.63. The van der Waals surface area contributed by atoms with E-state index < -0.39 is 6.09 Å². The van der Waals surface area contributed by atoms with E-state index in [9.17, 15) is 14.7 Å². The summed E-state index contributed by atoms with van der Waals surface area (Å²) in [6, 6.07) is 7.19. The first kappa shape index (κ1) is 12.7. The number of para-hydroxylation sites is 1. The third kappa shape index (κ3) is 1.68. The zero-order chi connectivity index (χ0) is 14.3. The summed E-state index contributed by atoms with van der Waals surface area (Å²) in [5.41, 5.74) is 1.81. The van der Waals surface area contributed by atoms with E-state index in [0.29, 0.717) is 36.0 Å². The third-order valence-electron chi connectivity index (χ3n) is 3.96. The van der Waals surface area contributed by atoms with Gasteiger partial charge in [0, 0.05) is 22.6 Å². The number of fused-ring (bicyclic) bond motifs is 3. The van der Waals surface area contributed by atoms with Gasteiger partial charge in [0.15, 0.2) is 5.78 Å². The Morgan fingerprint density at radius 2 is 2.20 bits per heavy atom. The molecule has 0 aliphatic heterocycles. The van der Waals surface area contributed by atoms with Crippen LogP contribution in [0.25, 0.3) is 10.9 Å². The summed E-state index contributed by atoms with van der Waals surface area (Å²) in [4.78, 5) is 24.1. The van der Waals surface area contributed by atoms with Crippen LogP contribution in [0, 0.1) is 5.92 Å². The fourth-order valence-corrected chi connectivity index (χ4v) is 3.10. The average Bonchev–Trinajstić information content (AvgIpc) is 2.77. The number of rotatable bonds is 2. The number of carboxylic acid groups (broad SMARTS) is 1. The molecule has 0 fully saturated rings. The van der Waals surface area contributed by atoms with Crippen molar-refractivity contribution >= 4 is 22.8 Å². The molecule has 1 aliphatic carbocycles. The monoisotopic (exact) mass is 269 g/mol. The van der Waals surface area contributed by atoms with Gasteiger partial charge in [-0.05, 0) is 25.3 Å². The van der Waals surface area contributed by atoms with E-state index in [4.69, 9.17) is 0 Å². The number of ketones is 1. The molecule has 0 saturated heterocycles. The SMILES string of the molecule is C=CCC1CCc2c(c3ccccc3n2C(=O)O)C1=O. The molecule has 2 aromatic rings. The van der Waals surface area contributed by atoms with Crippen molar-refractivity contribution in [1.82, 2.24) is 4.57 Å². The lowest BCUT2D eigenvalue weighted by atomic mass is 9.83. The molecule has 0 radical (unpaired) electrons. The first-order valence-electron chi connectivity index (χ1n) is 6.66. The molecule has 20 heavy (non-hydrogen) atoms. The molecule has 0 spiro atoms. The van der Waals surface area contributed by atoms with Crippen molar-refractivity contribution < 1.29 is 14.7 Å². The van der Waals surface area contributed by atoms with Gasteiger partial charge in [0.25, 0.3) is 0 Å². The molecule has 4 nitrogen and oxygen atoms in total. The topological polar surface area (TPSA) is 59.3 Å². The van der Waals surface area contributed by atoms with Crippen molar-refractivity contribution in [2.75, 3.05) is 0 Å². The minimum absolute atomic E-state index is 0.0438. The summed E-state index contributed by atoms with van der Waals surface area (Å²) in [7, 11) is 0. The number of hydrogen-bond donors (Lipinski definition) is 1. The molecule has 1 unspecified atom stereocenters. The van der Waals surface area contributed by atoms with E-state index in [1.807, 2.05) is 12.1 Å². The molecule has 0 saturated carbocycles. The van der Waals surface area contributed by atoms with Gasteiger partial charge in [0.05, 0.1) is 5.52 Å². The van der Waals surface area contributed by atoms with Crippen LogP contribution < -0.4 is 0 Å². The van der Waals surface area contributed by atoms with Crippen molar-refractivity contribution in [3.63, 3.8) is 0 Å². The van der Waals surface area contributed by atoms with Crippen LogP contribution in [0.5, 0.6) is 0 Å². The highest BCUT2D eigenvalue weighted by molar-refractivity contribution is 6.13. The van der Waals surface area contributed by atoms with Crippen molar-refractivity contribution in [3.8, 4) is 0 Å². The van der Waals surface area contributed by atoms with Crippen molar-refractivity contribution in [2.45, 2.75) is 19.3 Å². The zero-order valence-electron chi connectivity index (χ0n) is 11.0. The molecular formula is C16H15NO3. The van der Waals surface area contributed by atoms with Gasteiger partial charge in [-0.3, -0.25) is 4.79 Å². The Bertz CT molecular complexity index is 727. The number of aromatic nitrogens is 1. The average molecular weight is 269 g/mol. The maximum absolute atomic E-state index is 12.6. The number of Topliss-reactive ketones (excluding diaryl/α,β-unsaturated/α-hetero) is 1. The first-order chi connectivity index (χ1) is 9.65. The minimum atomic E-state index is -1.03. The second-order valence-corrected chi connectivity index (χ2v) is 5.08. The van der Waals surface area contributed by atoms with Crippen LogP contribution in [-0.2, 0) is 6.42 Å². The van der Waals surface area contributed by atoms with Gasteiger partial charge in [0.2, 0.25) is 0 Å². The molecule has 1 aromatic heterocycles. The third-order valence-corrected chi connectivity index (χ3v) is 3.96. The number of allylic oxidation sites excluding steroid dienone is 1. The van der Waals surface area contributed by atoms with Crippen LogP contribution >= 0.6 is 0 Å². The number of nitrogens with zero attached hydrogens (tertiary/aromatic N) is 1. The molecule has 102 valence electrons. The zero-order valence-corrected chi connectivity index (χ0v) is 11.0. The van der Waals surface area contributed by atoms with E-state index in [1.54, 1.807) is 18.2 Å². The van der Waals surface area contributed by atoms with Gasteiger partial charge >= 0.3 is 6.09 Å². The van der Waals surface area contributed by atoms with Crippen molar-refractivity contribution in [2.24, 2.45) is 5.92 Å². The number of carbonyl (C=O) groups is 2. The summed E-state index contributed by atoms with van der Waals surface area (Å²) in [6.07, 6.45) is 2.66. The lowest BCUT2D eigenvalue weighted by Gasteiger charge is -2.20. The highest BCUT2D eigenvalue weighted by Gasteiger charge is 2.33. The maximum Gasteiger partial charge on any atom is 0.416 e. The Hall–Kier alpha value is -2.36. The smallest absolute Gasteiger partial charge is 0.416 e. The predicted octanol–water partition coefficient (Wildman–Crippen LogP) is 3.49. The maximum atomic E-state index is 12.6. The van der Waals surface area contributed by atoms with E-state index in [0.717, 1.165) is 5.39 Å². The number of benzene rings is 1. The van der Waals surface area contributed by atoms with E-state index in [2.05, 4.69) is 6.58 Å². The summed E-state index contributed by atoms with van der Waals surface area (Å²) < 4.78 is 1.26. The van der Waals surface area contributed by atoms with E-state index >= 15 is 0 Å². The molecule has 3 rings (SSSR count). The van der Waals surface area contributed by atoms with Gasteiger partial charge in [-0.1, -0.05) is 24.3 Å². The molecule has 1 aliphatic rings. The molecule has 0 bridgehead atoms. The number of hydrogen-bond acceptors (Lipinski definition) is 2. The standard InChI is InChI=1S/C16H15NO3/c1-2-5-10-8-9-13-14(15(10)18)11-6-3-4-7-12(11)17(13)16(19)20/h2-4,6-7,10H,1,5,8-9H2,(H,19,20). The summed E-state index contributed by atoms with van der Waals surface area (Å²) in [5.74, 6) is -0.0320. The fourth-order valence-electron chi connectivity index (χ4n) is 3.10. The minimum Gasteiger partial charge on any atom is -0.464 e. The predicted molar refractivity (Wildman–Crippen MR) is 76.3 cm³/mol. The van der Waals surface area contributed by atoms with Crippen LogP contribution in [-0.4, -0.2) is 21.6 Å². The Morgan fingerprint density at radius 3 is 2.90 bits per heavy atom. The number of carbonyl (C=O) groups excluding carboxylic acids is 1. The Balaban J connectivity index is 2.28. The molecule has 0 amide bonds. The normalized spacial score (nSPS) is 18.0. The highest BCUT2D eigenvalue weighted by Crippen LogP contribution is 2.35. The van der Waals surface area contributed by atoms with Gasteiger partial charge < -0.3 is 5.11 Å². The van der Waals surface area contributed by atoms with Gasteiger partial charge in [-0.2, -0.15) is 0 Å². The van der Waals surface area contributed by atoms with Crippen molar-refractivity contribution in [1.29, 1.82) is 0 Å². The lowest BCUT2D eigenvalue weighted by Crippen LogP contribution is -2.24. The molecule has 1 atom stereocenters. The summed E-state index contributed by atoms with van der Waals surface area (Å²) in [6.45, 7) is 3.69. The van der Waals surface area contributed by atoms with Crippen LogP contribution in [0.3, 0.4) is 0 Å². The Kier molecular flexibility index (Phi) is 2.93. The van der Waals surface area contributed by atoms with Gasteiger partial charge in [-0.15, -0.1) is 6.58 Å². The molecule has 1 heterocycles. The van der Waals surface area contributed by atoms with Crippen LogP contribution in [0.1, 0.15) is 28.9 Å².